The summed E-state index contributed by atoms with van der Waals surface area (Å²) in [6.07, 6.45) is 0. The second kappa shape index (κ2) is 5.84. The van der Waals surface area contributed by atoms with Gasteiger partial charge in [-0.05, 0) is 0 Å². The molecule has 82 valence electrons. The van der Waals surface area contributed by atoms with Crippen molar-refractivity contribution in [2.75, 3.05) is 12.4 Å². The van der Waals surface area contributed by atoms with Crippen LogP contribution in [0, 0.1) is 0 Å². The fraction of sp³-hybridized carbons (Fsp3) is 0.200. The predicted octanol–water partition coefficient (Wildman–Crippen LogP) is 0.612. The van der Waals surface area contributed by atoms with Crippen LogP contribution in [-0.4, -0.2) is 24.1 Å². The van der Waals surface area contributed by atoms with E-state index in [2.05, 4.69) is 5.32 Å². The summed E-state index contributed by atoms with van der Waals surface area (Å²) in [4.78, 5) is 21.6. The molecule has 0 unspecified atom stereocenters. The first kappa shape index (κ1) is 13.0. The number of carboxylic acids is 1. The van der Waals surface area contributed by atoms with Crippen LogP contribution in [0.3, 0.4) is 0 Å². The average molecular weight is 410 g/mol. The van der Waals surface area contributed by atoms with Crippen LogP contribution in [-0.2, 0) is 32.5 Å². The van der Waals surface area contributed by atoms with Gasteiger partial charge >= 0.3 is 106 Å². The van der Waals surface area contributed by atoms with E-state index in [-0.39, 0.29) is 11.5 Å². The van der Waals surface area contributed by atoms with Gasteiger partial charge in [-0.1, -0.05) is 0 Å². The molecule has 0 fully saturated rings. The second-order valence-corrected chi connectivity index (χ2v) is 8.63. The Balaban J connectivity index is 2.93. The third-order valence-corrected chi connectivity index (χ3v) is 7.17. The summed E-state index contributed by atoms with van der Waals surface area (Å²) >= 11 is -1.93. The molecular weight excluding hydrogens is 399 g/mol. The van der Waals surface area contributed by atoms with E-state index in [0.29, 0.717) is 5.69 Å². The van der Waals surface area contributed by atoms with Gasteiger partial charge in [0.1, 0.15) is 0 Å². The fourth-order valence-electron chi connectivity index (χ4n) is 1.26. The molecule has 0 spiro atoms. The molecule has 0 aromatic heterocycles. The molecule has 5 nitrogen and oxygen atoms in total. The van der Waals surface area contributed by atoms with E-state index in [4.69, 9.17) is 7.75 Å². The van der Waals surface area contributed by atoms with Crippen LogP contribution in [0.2, 0.25) is 0 Å². The number of hydrogen-bond donors (Lipinski definition) is 2. The SMILES string of the molecule is CNc1cc[c]([Hg][O]C(C)=O)cc1C(=O)O. The Kier molecular flexibility index (Phi) is 4.73. The summed E-state index contributed by atoms with van der Waals surface area (Å²) in [7, 11) is 1.66. The van der Waals surface area contributed by atoms with Crippen LogP contribution in [0.4, 0.5) is 5.69 Å². The zero-order chi connectivity index (χ0) is 12.1. The Bertz CT molecular complexity index is 419. The first-order valence-electron chi connectivity index (χ1n) is 4.72. The van der Waals surface area contributed by atoms with Crippen LogP contribution >= 0.6 is 0 Å². The van der Waals surface area contributed by atoms with Gasteiger partial charge in [-0.2, -0.15) is 0 Å². The molecule has 0 aliphatic carbocycles. The van der Waals surface area contributed by atoms with E-state index >= 15 is 0 Å². The molecule has 0 aliphatic rings. The van der Waals surface area contributed by atoms with E-state index in [0.717, 1.165) is 3.07 Å². The Morgan fingerprint density at radius 3 is 2.62 bits per heavy atom. The molecule has 1 aromatic carbocycles. The van der Waals surface area contributed by atoms with Gasteiger partial charge in [0.15, 0.2) is 0 Å². The maximum atomic E-state index is 10.9. The summed E-state index contributed by atoms with van der Waals surface area (Å²) in [6.45, 7) is 1.36. The second-order valence-electron chi connectivity index (χ2n) is 3.22. The van der Waals surface area contributed by atoms with Gasteiger partial charge < -0.3 is 0 Å². The van der Waals surface area contributed by atoms with Crippen LogP contribution in [0.15, 0.2) is 18.2 Å². The van der Waals surface area contributed by atoms with Gasteiger partial charge in [-0.3, -0.25) is 0 Å². The molecule has 0 radical (unpaired) electrons. The van der Waals surface area contributed by atoms with Gasteiger partial charge in [-0.25, -0.2) is 0 Å². The van der Waals surface area contributed by atoms with Gasteiger partial charge in [0, 0.05) is 0 Å². The molecular formula is C10H11HgNO4. The van der Waals surface area contributed by atoms with Crippen LogP contribution in [0.5, 0.6) is 0 Å². The van der Waals surface area contributed by atoms with Crippen molar-refractivity contribution in [2.45, 2.75) is 6.92 Å². The number of anilines is 1. The number of carbonyl (C=O) groups excluding carboxylic acids is 1. The van der Waals surface area contributed by atoms with Crippen LogP contribution in [0.25, 0.3) is 0 Å². The molecule has 0 heterocycles. The van der Waals surface area contributed by atoms with Crippen molar-refractivity contribution < 1.29 is 42.4 Å². The average Bonchev–Trinajstić information content (AvgIpc) is 2.25. The van der Waals surface area contributed by atoms with Crippen molar-refractivity contribution in [3.05, 3.63) is 23.8 Å². The molecule has 16 heavy (non-hydrogen) atoms. The van der Waals surface area contributed by atoms with Crippen molar-refractivity contribution in [3.8, 4) is 0 Å². The van der Waals surface area contributed by atoms with Gasteiger partial charge in [0.2, 0.25) is 0 Å². The molecule has 1 rings (SSSR count). The third-order valence-electron chi connectivity index (χ3n) is 2.03. The standard InChI is InChI=1S/C8H8NO2.C2H4O2.Hg/c1-9-7-5-3-2-4-6(7)8(10)11;1-2(3)4;/h3-5,9H,1H3,(H,10,11);1H3,(H,3,4);/q;;+1/p-1. The van der Waals surface area contributed by atoms with E-state index < -0.39 is 31.0 Å². The van der Waals surface area contributed by atoms with Crippen LogP contribution in [0.1, 0.15) is 17.3 Å². The van der Waals surface area contributed by atoms with Crippen molar-refractivity contribution in [3.63, 3.8) is 0 Å². The Hall–Kier alpha value is -1.10. The van der Waals surface area contributed by atoms with Gasteiger partial charge in [0.05, 0.1) is 0 Å². The number of hydrogen-bond acceptors (Lipinski definition) is 4. The summed E-state index contributed by atoms with van der Waals surface area (Å²) in [5.41, 5.74) is 0.777. The zero-order valence-corrected chi connectivity index (χ0v) is 14.6. The molecule has 0 saturated carbocycles. The third kappa shape index (κ3) is 3.48. The summed E-state index contributed by atoms with van der Waals surface area (Å²) in [6, 6.07) is 5.09. The van der Waals surface area contributed by atoms with E-state index in [1.807, 2.05) is 6.07 Å². The molecule has 6 heteroatoms. The number of benzene rings is 1. The van der Waals surface area contributed by atoms with Crippen molar-refractivity contribution in [2.24, 2.45) is 0 Å². The Labute approximate surface area is 106 Å². The Morgan fingerprint density at radius 1 is 1.44 bits per heavy atom. The molecule has 2 N–H and O–H groups in total. The monoisotopic (exact) mass is 411 g/mol. The normalized spacial score (nSPS) is 9.12. The molecule has 0 atom stereocenters. The van der Waals surface area contributed by atoms with Crippen LogP contribution < -0.4 is 8.39 Å². The van der Waals surface area contributed by atoms with Gasteiger partial charge in [0.25, 0.3) is 0 Å². The minimum atomic E-state index is -1.93. The van der Waals surface area contributed by atoms with Gasteiger partial charge in [-0.15, -0.1) is 0 Å². The number of carboxylic acid groups (broad SMARTS) is 1. The zero-order valence-electron chi connectivity index (χ0n) is 9.11. The first-order chi connectivity index (χ1) is 7.54. The van der Waals surface area contributed by atoms with E-state index in [1.165, 1.54) is 6.92 Å². The summed E-state index contributed by atoms with van der Waals surface area (Å²) in [5.74, 6) is -1.28. The molecule has 0 bridgehead atoms. The number of nitrogens with one attached hydrogen (secondary N) is 1. The molecule has 1 aromatic rings. The molecule has 0 amide bonds. The van der Waals surface area contributed by atoms with Crippen molar-refractivity contribution in [1.82, 2.24) is 0 Å². The maximum absolute atomic E-state index is 10.9. The fourth-order valence-corrected chi connectivity index (χ4v) is 4.65. The summed E-state index contributed by atoms with van der Waals surface area (Å²) in [5, 5.41) is 11.8. The number of rotatable bonds is 4. The van der Waals surface area contributed by atoms with Crippen molar-refractivity contribution in [1.29, 1.82) is 0 Å². The number of carbonyl (C=O) groups is 2. The van der Waals surface area contributed by atoms with E-state index in [1.54, 1.807) is 19.2 Å². The topological polar surface area (TPSA) is 75.6 Å². The summed E-state index contributed by atoms with van der Waals surface area (Å²) < 4.78 is 5.87. The Morgan fingerprint density at radius 2 is 2.12 bits per heavy atom. The first-order valence-corrected chi connectivity index (χ1v) is 9.71. The molecule has 0 saturated heterocycles. The van der Waals surface area contributed by atoms with E-state index in [9.17, 15) is 9.59 Å². The molecule has 0 aliphatic heterocycles. The number of aromatic carboxylic acids is 1. The predicted molar refractivity (Wildman–Crippen MR) is 54.3 cm³/mol. The van der Waals surface area contributed by atoms with Crippen molar-refractivity contribution >= 4 is 20.7 Å². The quantitative estimate of drug-likeness (QED) is 0.713. The minimum absolute atomic E-state index is 0.215.